The van der Waals surface area contributed by atoms with Gasteiger partial charge in [0.2, 0.25) is 0 Å². The molecule has 0 saturated heterocycles. The number of carbonyl (C=O) groups is 1. The molecule has 0 saturated carbocycles. The van der Waals surface area contributed by atoms with Gasteiger partial charge in [0.05, 0.1) is 12.7 Å². The standard InChI is InChI=1S/C11H10N2O3/c1-16-9-5-3-2-4-8(9)10(14)13-7-6-12-11(13)15/h2-7H,1H3,(H,12,15). The number of ether oxygens (including phenoxy) is 1. The van der Waals surface area contributed by atoms with Crippen molar-refractivity contribution < 1.29 is 9.53 Å². The number of imidazole rings is 1. The molecule has 0 bridgehead atoms. The highest BCUT2D eigenvalue weighted by Gasteiger charge is 2.14. The molecule has 0 atom stereocenters. The Labute approximate surface area is 91.3 Å². The summed E-state index contributed by atoms with van der Waals surface area (Å²) < 4.78 is 6.06. The van der Waals surface area contributed by atoms with Crippen LogP contribution in [0.3, 0.4) is 0 Å². The zero-order chi connectivity index (χ0) is 11.5. The molecule has 1 N–H and O–H groups in total. The van der Waals surface area contributed by atoms with Crippen molar-refractivity contribution in [3.8, 4) is 5.75 Å². The van der Waals surface area contributed by atoms with Crippen LogP contribution in [0.1, 0.15) is 10.4 Å². The molecule has 2 rings (SSSR count). The van der Waals surface area contributed by atoms with Crippen LogP contribution < -0.4 is 10.4 Å². The third-order valence-electron chi connectivity index (χ3n) is 2.21. The molecule has 2 aromatic rings. The van der Waals surface area contributed by atoms with Crippen LogP contribution in [0.4, 0.5) is 0 Å². The van der Waals surface area contributed by atoms with Gasteiger partial charge in [-0.3, -0.25) is 4.79 Å². The second-order valence-electron chi connectivity index (χ2n) is 3.14. The maximum Gasteiger partial charge on any atom is 0.332 e. The lowest BCUT2D eigenvalue weighted by atomic mass is 10.2. The number of nitrogens with one attached hydrogen (secondary N) is 1. The second-order valence-corrected chi connectivity index (χ2v) is 3.14. The topological polar surface area (TPSA) is 64.1 Å². The maximum absolute atomic E-state index is 12.0. The van der Waals surface area contributed by atoms with Gasteiger partial charge in [-0.15, -0.1) is 0 Å². The predicted molar refractivity (Wildman–Crippen MR) is 57.8 cm³/mol. The number of aromatic nitrogens is 2. The minimum Gasteiger partial charge on any atom is -0.496 e. The molecular weight excluding hydrogens is 208 g/mol. The molecule has 0 amide bonds. The molecule has 0 unspecified atom stereocenters. The number of H-pyrrole nitrogens is 1. The Balaban J connectivity index is 2.50. The highest BCUT2D eigenvalue weighted by molar-refractivity contribution is 5.98. The van der Waals surface area contributed by atoms with E-state index in [0.29, 0.717) is 11.3 Å². The molecule has 5 heteroatoms. The average Bonchev–Trinajstić information content (AvgIpc) is 2.74. The number of carbonyl (C=O) groups excluding carboxylic acids is 1. The van der Waals surface area contributed by atoms with Gasteiger partial charge in [0.15, 0.2) is 0 Å². The molecule has 0 spiro atoms. The maximum atomic E-state index is 12.0. The summed E-state index contributed by atoms with van der Waals surface area (Å²) in [5.41, 5.74) is -0.109. The zero-order valence-corrected chi connectivity index (χ0v) is 8.64. The molecule has 0 radical (unpaired) electrons. The van der Waals surface area contributed by atoms with Gasteiger partial charge in [-0.05, 0) is 12.1 Å². The van der Waals surface area contributed by atoms with E-state index in [1.54, 1.807) is 24.3 Å². The summed E-state index contributed by atoms with van der Waals surface area (Å²) in [6.45, 7) is 0. The van der Waals surface area contributed by atoms with E-state index in [1.807, 2.05) is 0 Å². The van der Waals surface area contributed by atoms with Crippen LogP contribution in [0, 0.1) is 0 Å². The smallest absolute Gasteiger partial charge is 0.332 e. The lowest BCUT2D eigenvalue weighted by Crippen LogP contribution is -2.24. The normalized spacial score (nSPS) is 10.1. The number of hydrogen-bond acceptors (Lipinski definition) is 3. The number of benzene rings is 1. The summed E-state index contributed by atoms with van der Waals surface area (Å²) in [7, 11) is 1.48. The molecule has 16 heavy (non-hydrogen) atoms. The summed E-state index contributed by atoms with van der Waals surface area (Å²) in [6, 6.07) is 6.76. The Bertz CT molecular complexity index is 568. The van der Waals surface area contributed by atoms with Crippen LogP contribution >= 0.6 is 0 Å². The number of hydrogen-bond donors (Lipinski definition) is 1. The van der Waals surface area contributed by atoms with E-state index in [0.717, 1.165) is 4.57 Å². The van der Waals surface area contributed by atoms with Crippen molar-refractivity contribution in [1.82, 2.24) is 9.55 Å². The number of nitrogens with zero attached hydrogens (tertiary/aromatic N) is 1. The predicted octanol–water partition coefficient (Wildman–Crippen LogP) is 0.873. The lowest BCUT2D eigenvalue weighted by molar-refractivity contribution is 0.0953. The van der Waals surface area contributed by atoms with Crippen LogP contribution in [-0.4, -0.2) is 22.6 Å². The van der Waals surface area contributed by atoms with Crippen molar-refractivity contribution in [1.29, 1.82) is 0 Å². The Morgan fingerprint density at radius 2 is 2.12 bits per heavy atom. The van der Waals surface area contributed by atoms with Crippen LogP contribution in [0.2, 0.25) is 0 Å². The highest BCUT2D eigenvalue weighted by atomic mass is 16.5. The fraction of sp³-hybridized carbons (Fsp3) is 0.0909. The first-order valence-corrected chi connectivity index (χ1v) is 4.68. The van der Waals surface area contributed by atoms with Crippen LogP contribution in [-0.2, 0) is 0 Å². The SMILES string of the molecule is COc1ccccc1C(=O)n1cc[nH]c1=O. The van der Waals surface area contributed by atoms with E-state index < -0.39 is 11.6 Å². The Morgan fingerprint density at radius 3 is 2.75 bits per heavy atom. The zero-order valence-electron chi connectivity index (χ0n) is 8.64. The van der Waals surface area contributed by atoms with Gasteiger partial charge < -0.3 is 9.72 Å². The van der Waals surface area contributed by atoms with Crippen LogP contribution in [0.5, 0.6) is 5.75 Å². The first-order chi connectivity index (χ1) is 7.74. The van der Waals surface area contributed by atoms with Crippen molar-refractivity contribution in [2.45, 2.75) is 0 Å². The molecule has 5 nitrogen and oxygen atoms in total. The highest BCUT2D eigenvalue weighted by Crippen LogP contribution is 2.17. The van der Waals surface area contributed by atoms with Crippen molar-refractivity contribution in [2.75, 3.05) is 7.11 Å². The van der Waals surface area contributed by atoms with Gasteiger partial charge in [-0.25, -0.2) is 9.36 Å². The average molecular weight is 218 g/mol. The third-order valence-corrected chi connectivity index (χ3v) is 2.21. The van der Waals surface area contributed by atoms with Crippen molar-refractivity contribution in [3.05, 3.63) is 52.7 Å². The Hall–Kier alpha value is -2.30. The molecule has 1 aromatic carbocycles. The summed E-state index contributed by atoms with van der Waals surface area (Å²) in [4.78, 5) is 25.7. The number of aromatic amines is 1. The number of para-hydroxylation sites is 1. The molecule has 0 aliphatic carbocycles. The van der Waals surface area contributed by atoms with Gasteiger partial charge in [0, 0.05) is 12.4 Å². The minimum atomic E-state index is -0.462. The van der Waals surface area contributed by atoms with E-state index >= 15 is 0 Å². The van der Waals surface area contributed by atoms with Crippen LogP contribution in [0.25, 0.3) is 0 Å². The van der Waals surface area contributed by atoms with E-state index in [1.165, 1.54) is 19.5 Å². The molecule has 1 aromatic heterocycles. The van der Waals surface area contributed by atoms with Gasteiger partial charge in [-0.1, -0.05) is 12.1 Å². The van der Waals surface area contributed by atoms with Gasteiger partial charge in [0.1, 0.15) is 5.75 Å². The van der Waals surface area contributed by atoms with Crippen molar-refractivity contribution >= 4 is 5.91 Å². The van der Waals surface area contributed by atoms with Gasteiger partial charge in [-0.2, -0.15) is 0 Å². The fourth-order valence-electron chi connectivity index (χ4n) is 1.43. The summed E-state index contributed by atoms with van der Waals surface area (Å²) in [6.07, 6.45) is 2.80. The van der Waals surface area contributed by atoms with Crippen molar-refractivity contribution in [3.63, 3.8) is 0 Å². The third kappa shape index (κ3) is 1.63. The number of methoxy groups -OCH3 is 1. The van der Waals surface area contributed by atoms with E-state index in [4.69, 9.17) is 4.74 Å². The van der Waals surface area contributed by atoms with Crippen molar-refractivity contribution in [2.24, 2.45) is 0 Å². The summed E-state index contributed by atoms with van der Waals surface area (Å²) in [5, 5.41) is 0. The lowest BCUT2D eigenvalue weighted by Gasteiger charge is -2.06. The summed E-state index contributed by atoms with van der Waals surface area (Å²) >= 11 is 0. The van der Waals surface area contributed by atoms with Gasteiger partial charge in [0.25, 0.3) is 5.91 Å². The molecule has 0 aliphatic heterocycles. The van der Waals surface area contributed by atoms with E-state index in [-0.39, 0.29) is 0 Å². The molecule has 82 valence electrons. The fourth-order valence-corrected chi connectivity index (χ4v) is 1.43. The quantitative estimate of drug-likeness (QED) is 0.813. The van der Waals surface area contributed by atoms with E-state index in [9.17, 15) is 9.59 Å². The van der Waals surface area contributed by atoms with Gasteiger partial charge >= 0.3 is 5.69 Å². The first-order valence-electron chi connectivity index (χ1n) is 4.68. The van der Waals surface area contributed by atoms with E-state index in [2.05, 4.69) is 4.98 Å². The molecule has 0 fully saturated rings. The Morgan fingerprint density at radius 1 is 1.38 bits per heavy atom. The summed E-state index contributed by atoms with van der Waals surface area (Å²) in [5.74, 6) is 0.0318. The monoisotopic (exact) mass is 218 g/mol. The second kappa shape index (κ2) is 4.06. The minimum absolute atomic E-state index is 0.353. The largest absolute Gasteiger partial charge is 0.496 e. The Kier molecular flexibility index (Phi) is 2.59. The first kappa shape index (κ1) is 10.2. The molecule has 0 aliphatic rings. The van der Waals surface area contributed by atoms with Crippen LogP contribution in [0.15, 0.2) is 41.5 Å². The molecular formula is C11H10N2O3. The molecule has 1 heterocycles. The number of rotatable bonds is 2.